The Labute approximate surface area is 180 Å². The molecule has 30 heavy (non-hydrogen) atoms. The van der Waals surface area contributed by atoms with E-state index in [0.717, 1.165) is 22.7 Å². The maximum absolute atomic E-state index is 12.3. The zero-order valence-corrected chi connectivity index (χ0v) is 18.6. The van der Waals surface area contributed by atoms with Crippen molar-refractivity contribution in [2.24, 2.45) is 7.05 Å². The van der Waals surface area contributed by atoms with Crippen molar-refractivity contribution >= 4 is 23.4 Å². The highest BCUT2D eigenvalue weighted by molar-refractivity contribution is 7.99. The van der Waals surface area contributed by atoms with Crippen LogP contribution in [0, 0.1) is 13.8 Å². The molecule has 1 heterocycles. The second-order valence-corrected chi connectivity index (χ2v) is 7.87. The maximum Gasteiger partial charge on any atom is 0.234 e. The summed E-state index contributed by atoms with van der Waals surface area (Å²) in [7, 11) is 3.48. The number of aromatic nitrogens is 3. The molecule has 0 fully saturated rings. The summed E-state index contributed by atoms with van der Waals surface area (Å²) >= 11 is 1.33. The van der Waals surface area contributed by atoms with Crippen LogP contribution in [0.4, 0.5) is 5.69 Å². The van der Waals surface area contributed by atoms with Gasteiger partial charge in [0.1, 0.15) is 11.5 Å². The third-order valence-electron chi connectivity index (χ3n) is 4.80. The highest BCUT2D eigenvalue weighted by Gasteiger charge is 2.19. The average Bonchev–Trinajstić information content (AvgIpc) is 3.11. The summed E-state index contributed by atoms with van der Waals surface area (Å²) in [5, 5.41) is 12.0. The molecule has 3 rings (SSSR count). The molecule has 1 amide bonds. The van der Waals surface area contributed by atoms with Gasteiger partial charge in [0.15, 0.2) is 17.1 Å². The number of benzene rings is 2. The normalized spacial score (nSPS) is 11.8. The molecule has 3 aromatic rings. The highest BCUT2D eigenvalue weighted by atomic mass is 32.2. The van der Waals surface area contributed by atoms with E-state index in [1.54, 1.807) is 31.4 Å². The van der Waals surface area contributed by atoms with Gasteiger partial charge < -0.3 is 19.4 Å². The molecule has 158 valence electrons. The molecule has 1 aromatic heterocycles. The molecule has 0 spiro atoms. The first kappa shape index (κ1) is 21.7. The Kier molecular flexibility index (Phi) is 6.99. The van der Waals surface area contributed by atoms with Crippen molar-refractivity contribution < 1.29 is 14.3 Å². The van der Waals surface area contributed by atoms with Crippen LogP contribution >= 0.6 is 11.8 Å². The lowest BCUT2D eigenvalue weighted by atomic mass is 10.1. The van der Waals surface area contributed by atoms with Crippen LogP contribution in [0.3, 0.4) is 0 Å². The van der Waals surface area contributed by atoms with Crippen molar-refractivity contribution in [2.75, 3.05) is 18.2 Å². The number of rotatable bonds is 8. The third kappa shape index (κ3) is 5.13. The van der Waals surface area contributed by atoms with Gasteiger partial charge in [0.25, 0.3) is 0 Å². The summed E-state index contributed by atoms with van der Waals surface area (Å²) in [6.45, 7) is 6.04. The summed E-state index contributed by atoms with van der Waals surface area (Å²) in [6.07, 6.45) is -0.273. The van der Waals surface area contributed by atoms with Gasteiger partial charge in [0.2, 0.25) is 5.91 Å². The van der Waals surface area contributed by atoms with Gasteiger partial charge in [-0.25, -0.2) is 0 Å². The fourth-order valence-corrected chi connectivity index (χ4v) is 3.62. The van der Waals surface area contributed by atoms with Crippen molar-refractivity contribution in [2.45, 2.75) is 32.0 Å². The van der Waals surface area contributed by atoms with Crippen LogP contribution in [0.5, 0.6) is 11.5 Å². The van der Waals surface area contributed by atoms with Crippen molar-refractivity contribution in [1.82, 2.24) is 14.8 Å². The second-order valence-electron chi connectivity index (χ2n) is 6.92. The number of nitrogens with zero attached hydrogens (tertiary/aromatic N) is 3. The largest absolute Gasteiger partial charge is 0.497 e. The van der Waals surface area contributed by atoms with Gasteiger partial charge in [0.05, 0.1) is 12.9 Å². The Bertz CT molecular complexity index is 1020. The quantitative estimate of drug-likeness (QED) is 0.541. The van der Waals surface area contributed by atoms with E-state index in [1.807, 2.05) is 37.6 Å². The number of methoxy groups -OCH3 is 1. The molecule has 1 atom stereocenters. The van der Waals surface area contributed by atoms with Crippen molar-refractivity contribution in [3.63, 3.8) is 0 Å². The molecule has 0 aliphatic rings. The number of carbonyl (C=O) groups is 1. The summed E-state index contributed by atoms with van der Waals surface area (Å²) < 4.78 is 13.1. The summed E-state index contributed by atoms with van der Waals surface area (Å²) in [6, 6.07) is 13.2. The SMILES string of the molecule is COc1ccc(NC(=O)CSc2nnc(C(C)Oc3cccc(C)c3C)n2C)cc1. The molecule has 0 saturated heterocycles. The zero-order chi connectivity index (χ0) is 21.7. The van der Waals surface area contributed by atoms with Gasteiger partial charge >= 0.3 is 0 Å². The smallest absolute Gasteiger partial charge is 0.234 e. The van der Waals surface area contributed by atoms with Crippen LogP contribution in [0.1, 0.15) is 30.0 Å². The van der Waals surface area contributed by atoms with Gasteiger partial charge in [-0.15, -0.1) is 10.2 Å². The molecule has 0 aliphatic heterocycles. The van der Waals surface area contributed by atoms with Gasteiger partial charge in [-0.3, -0.25) is 4.79 Å². The van der Waals surface area contributed by atoms with Gasteiger partial charge in [-0.05, 0) is 62.2 Å². The molecule has 2 aromatic carbocycles. The molecule has 8 heteroatoms. The monoisotopic (exact) mass is 426 g/mol. The van der Waals surface area contributed by atoms with Crippen molar-refractivity contribution in [3.8, 4) is 11.5 Å². The fraction of sp³-hybridized carbons (Fsp3) is 0.318. The third-order valence-corrected chi connectivity index (χ3v) is 5.82. The van der Waals surface area contributed by atoms with Crippen LogP contribution in [-0.4, -0.2) is 33.5 Å². The van der Waals surface area contributed by atoms with Crippen LogP contribution in [0.15, 0.2) is 47.6 Å². The number of carbonyl (C=O) groups excluding carboxylic acids is 1. The van der Waals surface area contributed by atoms with Crippen molar-refractivity contribution in [1.29, 1.82) is 0 Å². The molecular weight excluding hydrogens is 400 g/mol. The standard InChI is InChI=1S/C22H26N4O3S/c1-14-7-6-8-19(15(14)2)29-16(3)21-24-25-22(26(21)4)30-13-20(27)23-17-9-11-18(28-5)12-10-17/h6-12,16H,13H2,1-5H3,(H,23,27). The minimum Gasteiger partial charge on any atom is -0.497 e. The predicted molar refractivity (Wildman–Crippen MR) is 118 cm³/mol. The Morgan fingerprint density at radius 2 is 1.90 bits per heavy atom. The minimum atomic E-state index is -0.273. The summed E-state index contributed by atoms with van der Waals surface area (Å²) in [4.78, 5) is 12.3. The van der Waals surface area contributed by atoms with E-state index in [9.17, 15) is 4.79 Å². The molecule has 0 radical (unpaired) electrons. The van der Waals surface area contributed by atoms with Crippen LogP contribution in [-0.2, 0) is 11.8 Å². The Morgan fingerprint density at radius 1 is 1.17 bits per heavy atom. The number of anilines is 1. The van der Waals surface area contributed by atoms with E-state index < -0.39 is 0 Å². The molecule has 0 bridgehead atoms. The first-order valence-corrected chi connectivity index (χ1v) is 10.6. The molecule has 0 saturated carbocycles. The van der Waals surface area contributed by atoms with Crippen LogP contribution < -0.4 is 14.8 Å². The summed E-state index contributed by atoms with van der Waals surface area (Å²) in [5.74, 6) is 2.39. The number of aryl methyl sites for hydroxylation is 1. The van der Waals surface area contributed by atoms with E-state index in [2.05, 4.69) is 28.5 Å². The van der Waals surface area contributed by atoms with Gasteiger partial charge in [-0.1, -0.05) is 23.9 Å². The zero-order valence-electron chi connectivity index (χ0n) is 17.8. The van der Waals surface area contributed by atoms with Gasteiger partial charge in [-0.2, -0.15) is 0 Å². The van der Waals surface area contributed by atoms with E-state index >= 15 is 0 Å². The predicted octanol–water partition coefficient (Wildman–Crippen LogP) is 4.31. The second kappa shape index (κ2) is 9.67. The van der Waals surface area contributed by atoms with Crippen molar-refractivity contribution in [3.05, 3.63) is 59.4 Å². The lowest BCUT2D eigenvalue weighted by Crippen LogP contribution is -2.15. The molecular formula is C22H26N4O3S. The van der Waals surface area contributed by atoms with Crippen LogP contribution in [0.2, 0.25) is 0 Å². The first-order chi connectivity index (χ1) is 14.4. The first-order valence-electron chi connectivity index (χ1n) is 9.58. The Hall–Kier alpha value is -3.00. The van der Waals surface area contributed by atoms with E-state index in [1.165, 1.54) is 17.3 Å². The maximum atomic E-state index is 12.3. The number of thioether (sulfide) groups is 1. The van der Waals surface area contributed by atoms with Crippen LogP contribution in [0.25, 0.3) is 0 Å². The van der Waals surface area contributed by atoms with Gasteiger partial charge in [0, 0.05) is 12.7 Å². The van der Waals surface area contributed by atoms with E-state index in [4.69, 9.17) is 9.47 Å². The number of nitrogens with one attached hydrogen (secondary N) is 1. The topological polar surface area (TPSA) is 78.3 Å². The fourth-order valence-electron chi connectivity index (χ4n) is 2.90. The molecule has 7 nitrogen and oxygen atoms in total. The Morgan fingerprint density at radius 3 is 2.60 bits per heavy atom. The molecule has 1 unspecified atom stereocenters. The lowest BCUT2D eigenvalue weighted by Gasteiger charge is -2.16. The lowest BCUT2D eigenvalue weighted by molar-refractivity contribution is -0.113. The minimum absolute atomic E-state index is 0.116. The average molecular weight is 427 g/mol. The number of hydrogen-bond donors (Lipinski definition) is 1. The number of amides is 1. The van der Waals surface area contributed by atoms with E-state index in [-0.39, 0.29) is 17.8 Å². The van der Waals surface area contributed by atoms with E-state index in [0.29, 0.717) is 11.0 Å². The molecule has 1 N–H and O–H groups in total. The highest BCUT2D eigenvalue weighted by Crippen LogP contribution is 2.27. The Balaban J connectivity index is 1.59. The number of ether oxygens (including phenoxy) is 2. The molecule has 0 aliphatic carbocycles. The number of hydrogen-bond acceptors (Lipinski definition) is 6. The summed E-state index contributed by atoms with van der Waals surface area (Å²) in [5.41, 5.74) is 3.00.